The average molecular weight is 377 g/mol. The molecule has 3 saturated heterocycles. The van der Waals surface area contributed by atoms with Gasteiger partial charge in [0.15, 0.2) is 11.5 Å². The maximum atomic E-state index is 12.8. The first-order valence-electron chi connectivity index (χ1n) is 10.6. The van der Waals surface area contributed by atoms with Crippen LogP contribution in [0.4, 0.5) is 0 Å². The minimum Gasteiger partial charge on any atom is -0.393 e. The van der Waals surface area contributed by atoms with Crippen molar-refractivity contribution in [1.82, 2.24) is 19.9 Å². The normalized spacial score (nSPS) is 24.4. The maximum absolute atomic E-state index is 12.8. The molecule has 1 amide bonds. The molecular formula is C20H32N4O3. The molecule has 3 fully saturated rings. The molecular weight excluding hydrogens is 344 g/mol. The van der Waals surface area contributed by atoms with E-state index in [0.29, 0.717) is 18.3 Å². The number of aliphatic hydroxyl groups excluding tert-OH is 1. The number of carbonyl (C=O) groups is 1. The van der Waals surface area contributed by atoms with E-state index in [9.17, 15) is 9.90 Å². The zero-order valence-electron chi connectivity index (χ0n) is 16.2. The number of amides is 1. The van der Waals surface area contributed by atoms with Crippen molar-refractivity contribution >= 4 is 5.91 Å². The second-order valence-electron chi connectivity index (χ2n) is 8.31. The summed E-state index contributed by atoms with van der Waals surface area (Å²) in [5.41, 5.74) is 0.429. The molecule has 0 atom stereocenters. The van der Waals surface area contributed by atoms with Crippen molar-refractivity contribution in [1.29, 1.82) is 0 Å². The zero-order chi connectivity index (χ0) is 18.6. The van der Waals surface area contributed by atoms with E-state index < -0.39 is 0 Å². The summed E-state index contributed by atoms with van der Waals surface area (Å²) in [6.45, 7) is 6.43. The van der Waals surface area contributed by atoms with Gasteiger partial charge in [0.2, 0.25) is 0 Å². The van der Waals surface area contributed by atoms with E-state index in [-0.39, 0.29) is 12.0 Å². The Labute approximate surface area is 161 Å². The fraction of sp³-hybridized carbons (Fsp3) is 0.800. The number of aromatic nitrogens is 1. The van der Waals surface area contributed by atoms with Crippen LogP contribution in [0.2, 0.25) is 0 Å². The molecule has 0 aromatic carbocycles. The van der Waals surface area contributed by atoms with Gasteiger partial charge in [-0.3, -0.25) is 9.69 Å². The van der Waals surface area contributed by atoms with Crippen molar-refractivity contribution in [2.75, 3.05) is 39.3 Å². The lowest BCUT2D eigenvalue weighted by molar-refractivity contribution is 0.0580. The van der Waals surface area contributed by atoms with Gasteiger partial charge in [0.05, 0.1) is 12.6 Å². The fourth-order valence-corrected chi connectivity index (χ4v) is 4.67. The highest BCUT2D eigenvalue weighted by Gasteiger charge is 2.29. The first-order valence-corrected chi connectivity index (χ1v) is 10.6. The summed E-state index contributed by atoms with van der Waals surface area (Å²) in [6.07, 6.45) is 7.53. The second kappa shape index (κ2) is 8.71. The number of piperidine rings is 3. The topological polar surface area (TPSA) is 73.0 Å². The molecule has 7 nitrogen and oxygen atoms in total. The lowest BCUT2D eigenvalue weighted by Crippen LogP contribution is -2.48. The van der Waals surface area contributed by atoms with Gasteiger partial charge in [0.25, 0.3) is 5.91 Å². The molecule has 0 saturated carbocycles. The molecule has 0 spiro atoms. The standard InChI is InChI=1S/C20H32N4O3/c25-17-6-10-22(11-7-17)15-18-14-19(21-27-18)20(26)24-12-4-16(5-13-24)23-8-2-1-3-9-23/h14,16-17,25H,1-13,15H2. The van der Waals surface area contributed by atoms with Crippen LogP contribution in [0.25, 0.3) is 0 Å². The highest BCUT2D eigenvalue weighted by Crippen LogP contribution is 2.22. The number of carbonyl (C=O) groups excluding carboxylic acids is 1. The Morgan fingerprint density at radius 2 is 1.74 bits per heavy atom. The van der Waals surface area contributed by atoms with Gasteiger partial charge >= 0.3 is 0 Å². The summed E-state index contributed by atoms with van der Waals surface area (Å²) in [6, 6.07) is 2.43. The van der Waals surface area contributed by atoms with Gasteiger partial charge in [-0.05, 0) is 51.6 Å². The number of hydrogen-bond donors (Lipinski definition) is 1. The molecule has 27 heavy (non-hydrogen) atoms. The van der Waals surface area contributed by atoms with Gasteiger partial charge in [-0.2, -0.15) is 0 Å². The Morgan fingerprint density at radius 1 is 1.04 bits per heavy atom. The molecule has 7 heteroatoms. The number of rotatable bonds is 4. The summed E-state index contributed by atoms with van der Waals surface area (Å²) in [4.78, 5) is 19.6. The zero-order valence-corrected chi connectivity index (χ0v) is 16.2. The summed E-state index contributed by atoms with van der Waals surface area (Å²) < 4.78 is 5.41. The molecule has 3 aliphatic rings. The van der Waals surface area contributed by atoms with E-state index in [2.05, 4.69) is 15.0 Å². The molecule has 0 bridgehead atoms. The molecule has 1 N–H and O–H groups in total. The fourth-order valence-electron chi connectivity index (χ4n) is 4.67. The van der Waals surface area contributed by atoms with Crippen LogP contribution in [-0.4, -0.2) is 82.3 Å². The first kappa shape index (κ1) is 18.9. The predicted octanol–water partition coefficient (Wildman–Crippen LogP) is 1.72. The minimum absolute atomic E-state index is 0.00356. The third-order valence-corrected chi connectivity index (χ3v) is 6.37. The van der Waals surface area contributed by atoms with Crippen LogP contribution in [0, 0.1) is 0 Å². The third kappa shape index (κ3) is 4.70. The SMILES string of the molecule is O=C(c1cc(CN2CCC(O)CC2)on1)N1CCC(N2CCCCC2)CC1. The van der Waals surface area contributed by atoms with Crippen LogP contribution in [-0.2, 0) is 6.54 Å². The molecule has 0 radical (unpaired) electrons. The Balaban J connectivity index is 1.27. The Bertz CT molecular complexity index is 612. The highest BCUT2D eigenvalue weighted by atomic mass is 16.5. The van der Waals surface area contributed by atoms with Gasteiger partial charge in [0, 0.05) is 38.3 Å². The number of likely N-dealkylation sites (tertiary alicyclic amines) is 3. The average Bonchev–Trinajstić information content (AvgIpc) is 3.18. The molecule has 0 aliphatic carbocycles. The number of aliphatic hydroxyl groups is 1. The smallest absolute Gasteiger partial charge is 0.276 e. The summed E-state index contributed by atoms with van der Waals surface area (Å²) in [5.74, 6) is 0.731. The van der Waals surface area contributed by atoms with Gasteiger partial charge in [-0.25, -0.2) is 0 Å². The number of hydrogen-bond acceptors (Lipinski definition) is 6. The highest BCUT2D eigenvalue weighted by molar-refractivity contribution is 5.92. The molecule has 1 aromatic rings. The van der Waals surface area contributed by atoms with Gasteiger partial charge in [-0.15, -0.1) is 0 Å². The summed E-state index contributed by atoms with van der Waals surface area (Å²) in [5, 5.41) is 13.6. The summed E-state index contributed by atoms with van der Waals surface area (Å²) >= 11 is 0. The van der Waals surface area contributed by atoms with Crippen LogP contribution < -0.4 is 0 Å². The molecule has 3 aliphatic heterocycles. The molecule has 150 valence electrons. The Morgan fingerprint density at radius 3 is 2.44 bits per heavy atom. The van der Waals surface area contributed by atoms with E-state index in [4.69, 9.17) is 4.52 Å². The van der Waals surface area contributed by atoms with Crippen LogP contribution >= 0.6 is 0 Å². The van der Waals surface area contributed by atoms with Crippen molar-refractivity contribution in [3.05, 3.63) is 17.5 Å². The van der Waals surface area contributed by atoms with Crippen LogP contribution in [0.5, 0.6) is 0 Å². The quantitative estimate of drug-likeness (QED) is 0.863. The third-order valence-electron chi connectivity index (χ3n) is 6.37. The first-order chi connectivity index (χ1) is 13.2. The van der Waals surface area contributed by atoms with E-state index in [1.54, 1.807) is 6.07 Å². The van der Waals surface area contributed by atoms with Gasteiger partial charge in [-0.1, -0.05) is 11.6 Å². The Hall–Kier alpha value is -1.44. The van der Waals surface area contributed by atoms with Crippen molar-refractivity contribution in [2.24, 2.45) is 0 Å². The lowest BCUT2D eigenvalue weighted by Gasteiger charge is -2.40. The predicted molar refractivity (Wildman–Crippen MR) is 101 cm³/mol. The van der Waals surface area contributed by atoms with Gasteiger partial charge < -0.3 is 19.4 Å². The van der Waals surface area contributed by atoms with Crippen molar-refractivity contribution in [2.45, 2.75) is 63.6 Å². The van der Waals surface area contributed by atoms with Crippen molar-refractivity contribution in [3.63, 3.8) is 0 Å². The Kier molecular flexibility index (Phi) is 6.10. The van der Waals surface area contributed by atoms with Crippen molar-refractivity contribution < 1.29 is 14.4 Å². The molecule has 0 unspecified atom stereocenters. The van der Waals surface area contributed by atoms with Gasteiger partial charge in [0.1, 0.15) is 0 Å². The van der Waals surface area contributed by atoms with E-state index in [1.807, 2.05) is 4.90 Å². The monoisotopic (exact) mass is 376 g/mol. The van der Waals surface area contributed by atoms with Crippen molar-refractivity contribution in [3.8, 4) is 0 Å². The molecule has 4 rings (SSSR count). The maximum Gasteiger partial charge on any atom is 0.276 e. The number of nitrogens with zero attached hydrogens (tertiary/aromatic N) is 4. The minimum atomic E-state index is -0.180. The van der Waals surface area contributed by atoms with E-state index >= 15 is 0 Å². The largest absolute Gasteiger partial charge is 0.393 e. The molecule has 4 heterocycles. The van der Waals surface area contributed by atoms with Crippen LogP contribution in [0.15, 0.2) is 10.6 Å². The lowest BCUT2D eigenvalue weighted by atomic mass is 9.99. The van der Waals surface area contributed by atoms with Crippen LogP contribution in [0.3, 0.4) is 0 Å². The summed E-state index contributed by atoms with van der Waals surface area (Å²) in [7, 11) is 0. The van der Waals surface area contributed by atoms with E-state index in [1.165, 1.54) is 32.4 Å². The van der Waals surface area contributed by atoms with E-state index in [0.717, 1.165) is 57.6 Å². The van der Waals surface area contributed by atoms with Crippen LogP contribution in [0.1, 0.15) is 61.2 Å². The molecule has 1 aromatic heterocycles. The second-order valence-corrected chi connectivity index (χ2v) is 8.31.